The lowest BCUT2D eigenvalue weighted by Crippen LogP contribution is -2.07. The monoisotopic (exact) mass is 293 g/mol. The quantitative estimate of drug-likeness (QED) is 0.772. The highest BCUT2D eigenvalue weighted by Gasteiger charge is 2.06. The number of anilines is 1. The van der Waals surface area contributed by atoms with Crippen molar-refractivity contribution < 1.29 is 4.39 Å². The molecule has 1 atom stereocenters. The maximum absolute atomic E-state index is 12.9. The van der Waals surface area contributed by atoms with Gasteiger partial charge in [-0.1, -0.05) is 18.2 Å². The zero-order chi connectivity index (χ0) is 15.4. The van der Waals surface area contributed by atoms with Gasteiger partial charge in [0.25, 0.3) is 0 Å². The van der Waals surface area contributed by atoms with Gasteiger partial charge in [0.2, 0.25) is 0 Å². The van der Waals surface area contributed by atoms with Crippen molar-refractivity contribution in [2.45, 2.75) is 13.0 Å². The van der Waals surface area contributed by atoms with E-state index in [2.05, 4.69) is 15.3 Å². The average Bonchev–Trinajstić information content (AvgIpc) is 2.57. The van der Waals surface area contributed by atoms with Crippen molar-refractivity contribution in [3.8, 4) is 11.1 Å². The first-order valence-electron chi connectivity index (χ1n) is 7.11. The summed E-state index contributed by atoms with van der Waals surface area (Å²) < 4.78 is 12.9. The summed E-state index contributed by atoms with van der Waals surface area (Å²) in [6, 6.07) is 14.4. The first-order valence-corrected chi connectivity index (χ1v) is 7.11. The van der Waals surface area contributed by atoms with Gasteiger partial charge >= 0.3 is 0 Å². The van der Waals surface area contributed by atoms with E-state index in [1.54, 1.807) is 18.3 Å². The molecule has 0 unspecified atom stereocenters. The Morgan fingerprint density at radius 1 is 0.955 bits per heavy atom. The average molecular weight is 293 g/mol. The molecule has 0 bridgehead atoms. The Labute approximate surface area is 128 Å². The summed E-state index contributed by atoms with van der Waals surface area (Å²) in [6.45, 7) is 2.02. The van der Waals surface area contributed by atoms with E-state index < -0.39 is 0 Å². The van der Waals surface area contributed by atoms with Crippen LogP contribution in [0.2, 0.25) is 0 Å². The summed E-state index contributed by atoms with van der Waals surface area (Å²) in [4.78, 5) is 8.53. The smallest absolute Gasteiger partial charge is 0.126 e. The molecule has 3 nitrogen and oxygen atoms in total. The van der Waals surface area contributed by atoms with Gasteiger partial charge in [-0.05, 0) is 42.8 Å². The summed E-state index contributed by atoms with van der Waals surface area (Å²) >= 11 is 0. The van der Waals surface area contributed by atoms with Crippen molar-refractivity contribution in [3.05, 3.63) is 78.5 Å². The highest BCUT2D eigenvalue weighted by molar-refractivity contribution is 5.62. The van der Waals surface area contributed by atoms with Crippen LogP contribution in [0.5, 0.6) is 0 Å². The SMILES string of the molecule is C[C@@H](Nc1ccc(-c2cccnc2)cn1)c1ccc(F)cc1. The van der Waals surface area contributed by atoms with E-state index in [0.717, 1.165) is 22.5 Å². The number of aromatic nitrogens is 2. The maximum Gasteiger partial charge on any atom is 0.126 e. The maximum atomic E-state index is 12.9. The zero-order valence-electron chi connectivity index (χ0n) is 12.2. The fourth-order valence-electron chi connectivity index (χ4n) is 2.24. The molecule has 1 aromatic carbocycles. The van der Waals surface area contributed by atoms with Crippen LogP contribution in [0.4, 0.5) is 10.2 Å². The van der Waals surface area contributed by atoms with Crippen LogP contribution in [0, 0.1) is 5.82 Å². The summed E-state index contributed by atoms with van der Waals surface area (Å²) in [5.74, 6) is 0.555. The Hall–Kier alpha value is -2.75. The number of benzene rings is 1. The Kier molecular flexibility index (Phi) is 4.10. The zero-order valence-corrected chi connectivity index (χ0v) is 12.2. The summed E-state index contributed by atoms with van der Waals surface area (Å²) in [6.07, 6.45) is 5.37. The van der Waals surface area contributed by atoms with Crippen LogP contribution in [-0.2, 0) is 0 Å². The van der Waals surface area contributed by atoms with Crippen molar-refractivity contribution in [1.29, 1.82) is 0 Å². The molecule has 0 saturated carbocycles. The second-order valence-electron chi connectivity index (χ2n) is 5.09. The Balaban J connectivity index is 1.72. The summed E-state index contributed by atoms with van der Waals surface area (Å²) in [7, 11) is 0. The van der Waals surface area contributed by atoms with Crippen LogP contribution in [0.1, 0.15) is 18.5 Å². The van der Waals surface area contributed by atoms with Crippen LogP contribution in [0.25, 0.3) is 11.1 Å². The highest BCUT2D eigenvalue weighted by atomic mass is 19.1. The normalized spacial score (nSPS) is 11.9. The molecule has 0 aliphatic rings. The van der Waals surface area contributed by atoms with E-state index in [0.29, 0.717) is 0 Å². The van der Waals surface area contributed by atoms with Gasteiger partial charge in [-0.3, -0.25) is 4.98 Å². The minimum atomic E-state index is -0.227. The lowest BCUT2D eigenvalue weighted by molar-refractivity contribution is 0.626. The van der Waals surface area contributed by atoms with Crippen molar-refractivity contribution >= 4 is 5.82 Å². The van der Waals surface area contributed by atoms with Gasteiger partial charge in [0.1, 0.15) is 11.6 Å². The van der Waals surface area contributed by atoms with Gasteiger partial charge in [-0.25, -0.2) is 9.37 Å². The van der Waals surface area contributed by atoms with Crippen LogP contribution < -0.4 is 5.32 Å². The molecule has 0 aliphatic heterocycles. The van der Waals surface area contributed by atoms with Crippen LogP contribution >= 0.6 is 0 Å². The van der Waals surface area contributed by atoms with Crippen molar-refractivity contribution in [1.82, 2.24) is 9.97 Å². The van der Waals surface area contributed by atoms with E-state index in [-0.39, 0.29) is 11.9 Å². The van der Waals surface area contributed by atoms with Crippen molar-refractivity contribution in [2.75, 3.05) is 5.32 Å². The molecule has 4 heteroatoms. The minimum absolute atomic E-state index is 0.0531. The molecule has 2 heterocycles. The fourth-order valence-corrected chi connectivity index (χ4v) is 2.24. The molecule has 0 fully saturated rings. The standard InChI is InChI=1S/C18H16FN3/c1-13(14-4-7-17(19)8-5-14)22-18-9-6-16(12-21-18)15-3-2-10-20-11-15/h2-13H,1H3,(H,21,22)/t13-/m1/s1. The Morgan fingerprint density at radius 3 is 2.36 bits per heavy atom. The molecule has 3 aromatic rings. The predicted molar refractivity (Wildman–Crippen MR) is 85.9 cm³/mol. The van der Waals surface area contributed by atoms with E-state index in [1.165, 1.54) is 12.1 Å². The van der Waals surface area contributed by atoms with E-state index in [1.807, 2.05) is 43.6 Å². The summed E-state index contributed by atoms with van der Waals surface area (Å²) in [5, 5.41) is 3.31. The van der Waals surface area contributed by atoms with Gasteiger partial charge in [0.15, 0.2) is 0 Å². The summed E-state index contributed by atoms with van der Waals surface area (Å²) in [5.41, 5.74) is 3.07. The predicted octanol–water partition coefficient (Wildman–Crippen LogP) is 4.46. The molecular formula is C18H16FN3. The first-order chi connectivity index (χ1) is 10.7. The molecule has 0 saturated heterocycles. The molecule has 22 heavy (non-hydrogen) atoms. The first kappa shape index (κ1) is 14.2. The second-order valence-corrected chi connectivity index (χ2v) is 5.09. The third-order valence-electron chi connectivity index (χ3n) is 3.49. The number of pyridine rings is 2. The number of nitrogens with one attached hydrogen (secondary N) is 1. The Bertz CT molecular complexity index is 725. The second kappa shape index (κ2) is 6.35. The molecular weight excluding hydrogens is 277 g/mol. The van der Waals surface area contributed by atoms with Gasteiger partial charge in [0.05, 0.1) is 0 Å². The van der Waals surface area contributed by atoms with Crippen LogP contribution in [-0.4, -0.2) is 9.97 Å². The number of halogens is 1. The van der Waals surface area contributed by atoms with Gasteiger partial charge in [-0.2, -0.15) is 0 Å². The van der Waals surface area contributed by atoms with Gasteiger partial charge in [-0.15, -0.1) is 0 Å². The topological polar surface area (TPSA) is 37.8 Å². The third kappa shape index (κ3) is 3.28. The number of nitrogens with zero attached hydrogens (tertiary/aromatic N) is 2. The Morgan fingerprint density at radius 2 is 1.73 bits per heavy atom. The minimum Gasteiger partial charge on any atom is -0.364 e. The van der Waals surface area contributed by atoms with Crippen LogP contribution in [0.15, 0.2) is 67.1 Å². The molecule has 3 rings (SSSR count). The molecule has 0 spiro atoms. The van der Waals surface area contributed by atoms with E-state index in [9.17, 15) is 4.39 Å². The molecule has 0 amide bonds. The van der Waals surface area contributed by atoms with Gasteiger partial charge < -0.3 is 5.32 Å². The molecule has 0 aliphatic carbocycles. The molecule has 0 radical (unpaired) electrons. The number of rotatable bonds is 4. The van der Waals surface area contributed by atoms with Gasteiger partial charge in [0, 0.05) is 35.8 Å². The highest BCUT2D eigenvalue weighted by Crippen LogP contribution is 2.21. The number of hydrogen-bond donors (Lipinski definition) is 1. The molecule has 1 N–H and O–H groups in total. The third-order valence-corrected chi connectivity index (χ3v) is 3.49. The number of hydrogen-bond acceptors (Lipinski definition) is 3. The van der Waals surface area contributed by atoms with E-state index in [4.69, 9.17) is 0 Å². The van der Waals surface area contributed by atoms with E-state index >= 15 is 0 Å². The van der Waals surface area contributed by atoms with Crippen LogP contribution in [0.3, 0.4) is 0 Å². The van der Waals surface area contributed by atoms with Crippen molar-refractivity contribution in [3.63, 3.8) is 0 Å². The largest absolute Gasteiger partial charge is 0.364 e. The lowest BCUT2D eigenvalue weighted by atomic mass is 10.1. The lowest BCUT2D eigenvalue weighted by Gasteiger charge is -2.15. The molecule has 2 aromatic heterocycles. The molecule has 110 valence electrons. The van der Waals surface area contributed by atoms with Crippen molar-refractivity contribution in [2.24, 2.45) is 0 Å². The fraction of sp³-hybridized carbons (Fsp3) is 0.111.